The SMILES string of the molecule is CCc1ccc([C@H](NC(=S)NC[C@@H]2CCCO2)c2cccc(F)c2)cc1. The number of benzene rings is 2. The van der Waals surface area contributed by atoms with Crippen LogP contribution in [-0.4, -0.2) is 24.4 Å². The maximum absolute atomic E-state index is 13.8. The van der Waals surface area contributed by atoms with Crippen molar-refractivity contribution in [2.45, 2.75) is 38.3 Å². The van der Waals surface area contributed by atoms with E-state index < -0.39 is 0 Å². The molecule has 1 aliphatic rings. The second-order valence-electron chi connectivity index (χ2n) is 6.57. The number of rotatable bonds is 6. The number of aryl methyl sites for hydroxylation is 1. The van der Waals surface area contributed by atoms with Gasteiger partial charge in [0.05, 0.1) is 12.1 Å². The zero-order valence-electron chi connectivity index (χ0n) is 15.0. The van der Waals surface area contributed by atoms with Gasteiger partial charge in [-0.2, -0.15) is 0 Å². The third-order valence-electron chi connectivity index (χ3n) is 4.69. The van der Waals surface area contributed by atoms with Gasteiger partial charge in [-0.15, -0.1) is 0 Å². The highest BCUT2D eigenvalue weighted by Crippen LogP contribution is 2.23. The molecule has 1 saturated heterocycles. The van der Waals surface area contributed by atoms with Gasteiger partial charge in [0.2, 0.25) is 0 Å². The standard InChI is InChI=1S/C21H25FN2OS/c1-2-15-8-10-16(11-9-15)20(17-5-3-6-18(22)13-17)24-21(26)23-14-19-7-4-12-25-19/h3,5-6,8-11,13,19-20H,2,4,7,12,14H2,1H3,(H2,23,24,26)/t19-,20-/m0/s1. The molecular formula is C21H25FN2OS. The molecule has 0 aromatic heterocycles. The summed E-state index contributed by atoms with van der Waals surface area (Å²) in [6, 6.07) is 14.8. The molecular weight excluding hydrogens is 347 g/mol. The Hall–Kier alpha value is -1.98. The van der Waals surface area contributed by atoms with Crippen molar-refractivity contribution in [2.75, 3.05) is 13.2 Å². The zero-order chi connectivity index (χ0) is 18.4. The molecule has 0 bridgehead atoms. The molecule has 1 fully saturated rings. The second kappa shape index (κ2) is 9.10. The van der Waals surface area contributed by atoms with Gasteiger partial charge in [0, 0.05) is 13.2 Å². The quantitative estimate of drug-likeness (QED) is 0.748. The molecule has 0 saturated carbocycles. The summed E-state index contributed by atoms with van der Waals surface area (Å²) in [5.41, 5.74) is 3.16. The highest BCUT2D eigenvalue weighted by Gasteiger charge is 2.18. The summed E-state index contributed by atoms with van der Waals surface area (Å²) in [5.74, 6) is -0.252. The van der Waals surface area contributed by atoms with E-state index in [-0.39, 0.29) is 18.0 Å². The highest BCUT2D eigenvalue weighted by atomic mass is 32.1. The van der Waals surface area contributed by atoms with E-state index in [4.69, 9.17) is 17.0 Å². The molecule has 0 amide bonds. The average Bonchev–Trinajstić information content (AvgIpc) is 3.18. The Balaban J connectivity index is 1.74. The van der Waals surface area contributed by atoms with Crippen LogP contribution in [0.15, 0.2) is 48.5 Å². The molecule has 2 N–H and O–H groups in total. The molecule has 0 unspecified atom stereocenters. The topological polar surface area (TPSA) is 33.3 Å². The van der Waals surface area contributed by atoms with Crippen molar-refractivity contribution in [3.63, 3.8) is 0 Å². The van der Waals surface area contributed by atoms with Crippen LogP contribution in [0.1, 0.15) is 42.5 Å². The molecule has 2 aromatic rings. The van der Waals surface area contributed by atoms with Gasteiger partial charge < -0.3 is 15.4 Å². The third kappa shape index (κ3) is 5.02. The van der Waals surface area contributed by atoms with E-state index in [1.807, 2.05) is 6.07 Å². The molecule has 3 nitrogen and oxygen atoms in total. The number of halogens is 1. The predicted octanol–water partition coefficient (Wildman–Crippen LogP) is 4.12. The Kier molecular flexibility index (Phi) is 6.58. The van der Waals surface area contributed by atoms with Crippen molar-refractivity contribution in [3.8, 4) is 0 Å². The van der Waals surface area contributed by atoms with Crippen LogP contribution in [0.3, 0.4) is 0 Å². The van der Waals surface area contributed by atoms with Gasteiger partial charge in [-0.05, 0) is 60.3 Å². The largest absolute Gasteiger partial charge is 0.376 e. The number of hydrogen-bond acceptors (Lipinski definition) is 2. The lowest BCUT2D eigenvalue weighted by molar-refractivity contribution is 0.114. The first-order valence-electron chi connectivity index (χ1n) is 9.16. The minimum Gasteiger partial charge on any atom is -0.376 e. The first-order valence-corrected chi connectivity index (χ1v) is 9.57. The van der Waals surface area contributed by atoms with Crippen molar-refractivity contribution in [1.29, 1.82) is 0 Å². The summed E-state index contributed by atoms with van der Waals surface area (Å²) in [6.07, 6.45) is 3.36. The van der Waals surface area contributed by atoms with Crippen molar-refractivity contribution < 1.29 is 9.13 Å². The van der Waals surface area contributed by atoms with E-state index in [0.717, 1.165) is 37.0 Å². The lowest BCUT2D eigenvalue weighted by Gasteiger charge is -2.23. The molecule has 138 valence electrons. The van der Waals surface area contributed by atoms with Gasteiger partial charge in [0.1, 0.15) is 5.82 Å². The van der Waals surface area contributed by atoms with Crippen molar-refractivity contribution >= 4 is 17.3 Å². The summed E-state index contributed by atoms with van der Waals surface area (Å²) in [5, 5.41) is 7.12. The van der Waals surface area contributed by atoms with Gasteiger partial charge in [-0.1, -0.05) is 43.3 Å². The summed E-state index contributed by atoms with van der Waals surface area (Å²) in [6.45, 7) is 3.64. The lowest BCUT2D eigenvalue weighted by Crippen LogP contribution is -2.41. The van der Waals surface area contributed by atoms with Crippen LogP contribution in [0.4, 0.5) is 4.39 Å². The molecule has 1 aliphatic heterocycles. The molecule has 0 aliphatic carbocycles. The molecule has 2 aromatic carbocycles. The minimum absolute atomic E-state index is 0.207. The Morgan fingerprint density at radius 3 is 2.69 bits per heavy atom. The van der Waals surface area contributed by atoms with E-state index in [0.29, 0.717) is 11.7 Å². The maximum atomic E-state index is 13.8. The number of nitrogens with one attached hydrogen (secondary N) is 2. The fourth-order valence-electron chi connectivity index (χ4n) is 3.19. The molecule has 3 rings (SSSR count). The molecule has 1 heterocycles. The smallest absolute Gasteiger partial charge is 0.167 e. The minimum atomic E-state index is -0.252. The summed E-state index contributed by atoms with van der Waals surface area (Å²) in [7, 11) is 0. The van der Waals surface area contributed by atoms with Crippen LogP contribution >= 0.6 is 12.2 Å². The highest BCUT2D eigenvalue weighted by molar-refractivity contribution is 7.80. The lowest BCUT2D eigenvalue weighted by atomic mass is 9.97. The predicted molar refractivity (Wildman–Crippen MR) is 107 cm³/mol. The fraction of sp³-hybridized carbons (Fsp3) is 0.381. The molecule has 2 atom stereocenters. The van der Waals surface area contributed by atoms with Crippen molar-refractivity contribution in [3.05, 3.63) is 71.0 Å². The molecule has 5 heteroatoms. The van der Waals surface area contributed by atoms with Crippen LogP contribution in [0.5, 0.6) is 0 Å². The molecule has 0 spiro atoms. The number of thiocarbonyl (C=S) groups is 1. The Morgan fingerprint density at radius 2 is 2.04 bits per heavy atom. The van der Waals surface area contributed by atoms with Gasteiger partial charge in [-0.3, -0.25) is 0 Å². The molecule has 26 heavy (non-hydrogen) atoms. The van der Waals surface area contributed by atoms with E-state index in [1.54, 1.807) is 12.1 Å². The summed E-state index contributed by atoms with van der Waals surface area (Å²) in [4.78, 5) is 0. The number of ether oxygens (including phenoxy) is 1. The van der Waals surface area contributed by atoms with Crippen molar-refractivity contribution in [1.82, 2.24) is 10.6 Å². The van der Waals surface area contributed by atoms with E-state index in [2.05, 4.69) is 41.8 Å². The first-order chi connectivity index (χ1) is 12.7. The van der Waals surface area contributed by atoms with E-state index in [1.165, 1.54) is 11.6 Å². The molecule has 0 radical (unpaired) electrons. The van der Waals surface area contributed by atoms with Gasteiger partial charge in [-0.25, -0.2) is 4.39 Å². The Morgan fingerprint density at radius 1 is 1.23 bits per heavy atom. The first kappa shape index (κ1) is 18.8. The third-order valence-corrected chi connectivity index (χ3v) is 4.96. The van der Waals surface area contributed by atoms with Crippen LogP contribution in [0.2, 0.25) is 0 Å². The normalized spacial score (nSPS) is 17.7. The monoisotopic (exact) mass is 372 g/mol. The fourth-order valence-corrected chi connectivity index (χ4v) is 3.39. The van der Waals surface area contributed by atoms with Crippen LogP contribution in [0.25, 0.3) is 0 Å². The van der Waals surface area contributed by atoms with Gasteiger partial charge in [0.25, 0.3) is 0 Å². The summed E-state index contributed by atoms with van der Waals surface area (Å²) < 4.78 is 19.4. The van der Waals surface area contributed by atoms with Gasteiger partial charge >= 0.3 is 0 Å². The maximum Gasteiger partial charge on any atom is 0.167 e. The van der Waals surface area contributed by atoms with Crippen LogP contribution in [-0.2, 0) is 11.2 Å². The zero-order valence-corrected chi connectivity index (χ0v) is 15.8. The number of hydrogen-bond donors (Lipinski definition) is 2. The van der Waals surface area contributed by atoms with Crippen LogP contribution in [0, 0.1) is 5.82 Å². The van der Waals surface area contributed by atoms with E-state index >= 15 is 0 Å². The van der Waals surface area contributed by atoms with E-state index in [9.17, 15) is 4.39 Å². The Bertz CT molecular complexity index is 729. The van der Waals surface area contributed by atoms with Crippen LogP contribution < -0.4 is 10.6 Å². The second-order valence-corrected chi connectivity index (χ2v) is 6.98. The Labute approximate surface area is 160 Å². The van der Waals surface area contributed by atoms with Crippen molar-refractivity contribution in [2.24, 2.45) is 0 Å². The average molecular weight is 373 g/mol. The summed E-state index contributed by atoms with van der Waals surface area (Å²) >= 11 is 5.47. The van der Waals surface area contributed by atoms with Gasteiger partial charge in [0.15, 0.2) is 5.11 Å².